The third-order valence-electron chi connectivity index (χ3n) is 6.05. The maximum Gasteiger partial charge on any atom is 0.189 e. The minimum Gasteiger partial charge on any atom is -0.329 e. The van der Waals surface area contributed by atoms with Gasteiger partial charge in [-0.2, -0.15) is 0 Å². The molecule has 1 heterocycles. The van der Waals surface area contributed by atoms with Crippen molar-refractivity contribution in [3.63, 3.8) is 0 Å². The van der Waals surface area contributed by atoms with Crippen molar-refractivity contribution < 1.29 is 9.05 Å². The van der Waals surface area contributed by atoms with Crippen molar-refractivity contribution >= 4 is 16.9 Å². The number of hydrogen-bond donors (Lipinski definition) is 0. The van der Waals surface area contributed by atoms with Gasteiger partial charge in [0.2, 0.25) is 0 Å². The van der Waals surface area contributed by atoms with Crippen LogP contribution in [0.25, 0.3) is 0 Å². The molecule has 1 rings (SSSR count). The average Bonchev–Trinajstić information content (AvgIpc) is 2.62. The summed E-state index contributed by atoms with van der Waals surface area (Å²) < 4.78 is 23.7. The van der Waals surface area contributed by atoms with Crippen molar-refractivity contribution in [2.45, 2.75) is 152 Å². The molecule has 1 fully saturated rings. The summed E-state index contributed by atoms with van der Waals surface area (Å²) in [5.41, 5.74) is 0. The molecule has 33 heavy (non-hydrogen) atoms. The Bertz CT molecular complexity index is 492. The van der Waals surface area contributed by atoms with E-state index in [4.69, 9.17) is 9.05 Å². The molecule has 0 aliphatic carbocycles. The third kappa shape index (κ3) is 8.60. The number of hydrogen-bond acceptors (Lipinski definition) is 6. The van der Waals surface area contributed by atoms with Crippen molar-refractivity contribution in [3.8, 4) is 0 Å². The van der Waals surface area contributed by atoms with E-state index in [1.54, 1.807) is 0 Å². The molecule has 1 aliphatic heterocycles. The summed E-state index contributed by atoms with van der Waals surface area (Å²) in [6.45, 7) is 33.4. The quantitative estimate of drug-likeness (QED) is 0.192. The van der Waals surface area contributed by atoms with Gasteiger partial charge in [0.15, 0.2) is 16.9 Å². The van der Waals surface area contributed by atoms with E-state index in [1.165, 1.54) is 6.42 Å². The number of nitrogens with zero attached hydrogens (tertiary/aromatic N) is 4. The van der Waals surface area contributed by atoms with E-state index in [0.717, 1.165) is 0 Å². The van der Waals surface area contributed by atoms with Crippen molar-refractivity contribution in [1.29, 1.82) is 0 Å². The van der Waals surface area contributed by atoms with Gasteiger partial charge in [0, 0.05) is 48.3 Å². The molecule has 1 saturated heterocycles. The minimum atomic E-state index is -0.872. The van der Waals surface area contributed by atoms with E-state index in [-0.39, 0.29) is 0 Å². The summed E-state index contributed by atoms with van der Waals surface area (Å²) in [5.74, 6) is 0. The fourth-order valence-electron chi connectivity index (χ4n) is 5.19. The molecular weight excluding hydrogens is 450 g/mol. The Hall–Kier alpha value is 0.620. The van der Waals surface area contributed by atoms with Crippen LogP contribution in [0.4, 0.5) is 0 Å². The molecule has 0 spiro atoms. The molecule has 0 amide bonds. The van der Waals surface area contributed by atoms with Crippen LogP contribution >= 0.6 is 16.9 Å². The monoisotopic (exact) mass is 506 g/mol. The summed E-state index contributed by atoms with van der Waals surface area (Å²) >= 11 is 0. The molecule has 0 radical (unpaired) electrons. The zero-order chi connectivity index (χ0) is 25.6. The van der Waals surface area contributed by atoms with Gasteiger partial charge in [0.25, 0.3) is 0 Å². The molecule has 0 aromatic heterocycles. The molecule has 0 aromatic carbocycles. The lowest BCUT2D eigenvalue weighted by Crippen LogP contribution is -2.51. The highest BCUT2D eigenvalue weighted by molar-refractivity contribution is 7.47. The van der Waals surface area contributed by atoms with E-state index >= 15 is 0 Å². The summed E-state index contributed by atoms with van der Waals surface area (Å²) in [7, 11) is -1.67. The van der Waals surface area contributed by atoms with Crippen molar-refractivity contribution in [2.24, 2.45) is 0 Å². The fourth-order valence-corrected chi connectivity index (χ4v) is 9.91. The van der Waals surface area contributed by atoms with Crippen LogP contribution in [-0.4, -0.2) is 80.2 Å². The Morgan fingerprint density at radius 3 is 1.36 bits per heavy atom. The largest absolute Gasteiger partial charge is 0.329 e. The van der Waals surface area contributed by atoms with E-state index in [9.17, 15) is 0 Å². The average molecular weight is 507 g/mol. The lowest BCUT2D eigenvalue weighted by Gasteiger charge is -2.52. The van der Waals surface area contributed by atoms with Crippen LogP contribution in [-0.2, 0) is 9.05 Å². The van der Waals surface area contributed by atoms with E-state index in [1.807, 2.05) is 0 Å². The minimum absolute atomic E-state index is 0.425. The molecule has 0 aromatic rings. The van der Waals surface area contributed by atoms with Gasteiger partial charge in [-0.25, -0.2) is 18.7 Å². The second-order valence-electron chi connectivity index (χ2n) is 11.2. The zero-order valence-electron chi connectivity index (χ0n) is 24.2. The second kappa shape index (κ2) is 14.4. The second-order valence-corrected chi connectivity index (χ2v) is 14.6. The molecule has 2 unspecified atom stereocenters. The molecule has 1 aliphatic rings. The first-order valence-electron chi connectivity index (χ1n) is 13.2. The van der Waals surface area contributed by atoms with Crippen LogP contribution in [0.5, 0.6) is 0 Å². The molecule has 0 bridgehead atoms. The van der Waals surface area contributed by atoms with E-state index in [0.29, 0.717) is 61.5 Å². The summed E-state index contributed by atoms with van der Waals surface area (Å²) in [4.78, 5) is 0. The van der Waals surface area contributed by atoms with Crippen molar-refractivity contribution in [2.75, 3.05) is 13.2 Å². The highest BCUT2D eigenvalue weighted by atomic mass is 31.2. The molecule has 0 N–H and O–H groups in total. The highest BCUT2D eigenvalue weighted by Gasteiger charge is 2.42. The molecule has 0 saturated carbocycles. The van der Waals surface area contributed by atoms with Crippen LogP contribution in [0.15, 0.2) is 0 Å². The first-order chi connectivity index (χ1) is 15.2. The Balaban J connectivity index is 3.01. The van der Waals surface area contributed by atoms with Crippen LogP contribution in [0.3, 0.4) is 0 Å². The Morgan fingerprint density at radius 1 is 0.697 bits per heavy atom. The Morgan fingerprint density at radius 2 is 1.06 bits per heavy atom. The van der Waals surface area contributed by atoms with E-state index in [2.05, 4.69) is 116 Å². The van der Waals surface area contributed by atoms with Crippen LogP contribution in [0, 0.1) is 0 Å². The Kier molecular flexibility index (Phi) is 13.8. The smallest absolute Gasteiger partial charge is 0.189 e. The highest BCUT2D eigenvalue weighted by Crippen LogP contribution is 2.55. The topological polar surface area (TPSA) is 31.4 Å². The predicted molar refractivity (Wildman–Crippen MR) is 147 cm³/mol. The lowest BCUT2D eigenvalue weighted by molar-refractivity contribution is 0.108. The standard InChI is InChI=1S/C25H56N4O2P2/c1-18(2)26(19(3)4)32(27(20(5)6)21(7)8)30-15-16-31-33-28(22(9)10)24(13)17-25(14)29(33)23(11)12/h18-25H,15-17H2,1-14H3. The predicted octanol–water partition coefficient (Wildman–Crippen LogP) is 7.31. The SMILES string of the molecule is CC(C)N(C(C)C)P(OCCOP1N(C(C)C)C(C)CC(C)N1C(C)C)N(C(C)C)C(C)C. The van der Waals surface area contributed by atoms with Gasteiger partial charge in [-0.3, -0.25) is 0 Å². The lowest BCUT2D eigenvalue weighted by atomic mass is 10.1. The van der Waals surface area contributed by atoms with Crippen LogP contribution in [0.1, 0.15) is 103 Å². The summed E-state index contributed by atoms with van der Waals surface area (Å²) in [5, 5.41) is 0. The van der Waals surface area contributed by atoms with Crippen molar-refractivity contribution in [1.82, 2.24) is 18.7 Å². The maximum absolute atomic E-state index is 6.71. The van der Waals surface area contributed by atoms with Gasteiger partial charge >= 0.3 is 0 Å². The zero-order valence-corrected chi connectivity index (χ0v) is 26.0. The van der Waals surface area contributed by atoms with E-state index < -0.39 is 16.9 Å². The number of rotatable bonds is 13. The Labute approximate surface area is 209 Å². The summed E-state index contributed by atoms with van der Waals surface area (Å²) in [6, 6.07) is 3.70. The molecule has 198 valence electrons. The first-order valence-corrected chi connectivity index (χ1v) is 15.5. The summed E-state index contributed by atoms with van der Waals surface area (Å²) in [6.07, 6.45) is 1.19. The molecule has 6 nitrogen and oxygen atoms in total. The molecule has 8 heteroatoms. The molecular formula is C25H56N4O2P2. The van der Waals surface area contributed by atoms with Crippen molar-refractivity contribution in [3.05, 3.63) is 0 Å². The normalized spacial score (nSPS) is 23.9. The van der Waals surface area contributed by atoms with Crippen LogP contribution < -0.4 is 0 Å². The van der Waals surface area contributed by atoms with Gasteiger partial charge < -0.3 is 9.05 Å². The third-order valence-corrected chi connectivity index (χ3v) is 12.0. The first kappa shape index (κ1) is 31.6. The van der Waals surface area contributed by atoms with Gasteiger partial charge in [-0.05, 0) is 103 Å². The van der Waals surface area contributed by atoms with Gasteiger partial charge in [-0.1, -0.05) is 0 Å². The van der Waals surface area contributed by atoms with Gasteiger partial charge in [0.05, 0.1) is 13.2 Å². The van der Waals surface area contributed by atoms with Gasteiger partial charge in [0.1, 0.15) is 0 Å². The fraction of sp³-hybridized carbons (Fsp3) is 1.00. The van der Waals surface area contributed by atoms with Gasteiger partial charge in [-0.15, -0.1) is 0 Å². The maximum atomic E-state index is 6.71. The van der Waals surface area contributed by atoms with Crippen LogP contribution in [0.2, 0.25) is 0 Å². The molecule has 2 atom stereocenters.